The van der Waals surface area contributed by atoms with Crippen LogP contribution in [0.25, 0.3) is 0 Å². The normalized spacial score (nSPS) is 11.5. The topological polar surface area (TPSA) is 92.6 Å². The van der Waals surface area contributed by atoms with Crippen LogP contribution in [0.3, 0.4) is 0 Å². The molecular formula is C22H22FN3O4. The molecule has 0 aliphatic heterocycles. The van der Waals surface area contributed by atoms with Gasteiger partial charge in [-0.25, -0.2) is 4.39 Å². The lowest BCUT2D eigenvalue weighted by molar-refractivity contribution is -0.116. The Kier molecular flexibility index (Phi) is 6.36. The minimum atomic E-state index is -0.639. The number of ether oxygens (including phenoxy) is 1. The number of hydrogen-bond acceptors (Lipinski definition) is 5. The molecule has 0 saturated carbocycles. The van der Waals surface area contributed by atoms with Gasteiger partial charge in [0.1, 0.15) is 23.4 Å². The third kappa shape index (κ3) is 4.78. The molecule has 3 rings (SSSR count). The van der Waals surface area contributed by atoms with Crippen molar-refractivity contribution in [3.63, 3.8) is 0 Å². The summed E-state index contributed by atoms with van der Waals surface area (Å²) >= 11 is 0. The molecule has 3 aromatic rings. The smallest absolute Gasteiger partial charge is 0.259 e. The molecule has 0 fully saturated rings. The van der Waals surface area contributed by atoms with Crippen LogP contribution in [0.1, 0.15) is 23.0 Å². The number of carbonyl (C=O) groups is 2. The predicted octanol–water partition coefficient (Wildman–Crippen LogP) is 4.43. The Bertz CT molecular complexity index is 1060. The fourth-order valence-electron chi connectivity index (χ4n) is 2.83. The van der Waals surface area contributed by atoms with E-state index in [0.717, 1.165) is 0 Å². The summed E-state index contributed by atoms with van der Waals surface area (Å²) in [7, 11) is 1.52. The van der Waals surface area contributed by atoms with Crippen molar-refractivity contribution in [3.05, 3.63) is 71.9 Å². The molecule has 0 aliphatic rings. The van der Waals surface area contributed by atoms with Gasteiger partial charge in [0, 0.05) is 5.69 Å². The lowest BCUT2D eigenvalue weighted by Gasteiger charge is -2.17. The lowest BCUT2D eigenvalue weighted by atomic mass is 10.2. The van der Waals surface area contributed by atoms with Gasteiger partial charge >= 0.3 is 0 Å². The van der Waals surface area contributed by atoms with Gasteiger partial charge in [0.05, 0.1) is 30.3 Å². The molecule has 7 nitrogen and oxygen atoms in total. The van der Waals surface area contributed by atoms with Crippen molar-refractivity contribution < 1.29 is 23.1 Å². The second kappa shape index (κ2) is 9.13. The minimum Gasteiger partial charge on any atom is -0.495 e. The highest BCUT2D eigenvalue weighted by atomic mass is 19.1. The zero-order valence-electron chi connectivity index (χ0n) is 16.8. The molecule has 2 amide bonds. The third-order valence-electron chi connectivity index (χ3n) is 4.46. The number of methoxy groups -OCH3 is 1. The summed E-state index contributed by atoms with van der Waals surface area (Å²) in [5, 5.41) is 8.30. The average molecular weight is 411 g/mol. The Morgan fingerprint density at radius 3 is 2.53 bits per heavy atom. The van der Waals surface area contributed by atoms with E-state index in [2.05, 4.69) is 16.0 Å². The SMILES string of the molecule is COc1ccccc1NC(=O)C(C)Nc1ccc(F)c(NC(=O)c2ccoc2C)c1. The summed E-state index contributed by atoms with van der Waals surface area (Å²) in [4.78, 5) is 24.8. The number of hydrogen-bond donors (Lipinski definition) is 3. The number of halogens is 1. The van der Waals surface area contributed by atoms with Crippen molar-refractivity contribution in [3.8, 4) is 5.75 Å². The van der Waals surface area contributed by atoms with Crippen LogP contribution in [-0.4, -0.2) is 25.0 Å². The number of para-hydroxylation sites is 2. The first kappa shape index (κ1) is 20.9. The van der Waals surface area contributed by atoms with Crippen LogP contribution in [0.2, 0.25) is 0 Å². The molecule has 0 aliphatic carbocycles. The highest BCUT2D eigenvalue weighted by Gasteiger charge is 2.17. The number of furan rings is 1. The molecule has 1 atom stereocenters. The van der Waals surface area contributed by atoms with Crippen molar-refractivity contribution in [2.24, 2.45) is 0 Å². The van der Waals surface area contributed by atoms with Gasteiger partial charge in [-0.2, -0.15) is 0 Å². The minimum absolute atomic E-state index is 0.0112. The van der Waals surface area contributed by atoms with Gasteiger partial charge in [-0.15, -0.1) is 0 Å². The van der Waals surface area contributed by atoms with Crippen LogP contribution < -0.4 is 20.7 Å². The number of amides is 2. The second-order valence-electron chi connectivity index (χ2n) is 6.59. The molecule has 2 aromatic carbocycles. The van der Waals surface area contributed by atoms with Crippen LogP contribution in [0.15, 0.2) is 59.2 Å². The number of anilines is 3. The van der Waals surface area contributed by atoms with Crippen LogP contribution >= 0.6 is 0 Å². The zero-order valence-corrected chi connectivity index (χ0v) is 16.8. The van der Waals surface area contributed by atoms with Gasteiger partial charge in [0.25, 0.3) is 5.91 Å². The average Bonchev–Trinajstić information content (AvgIpc) is 3.16. The summed E-state index contributed by atoms with van der Waals surface area (Å²) in [5.74, 6) is -0.410. The predicted molar refractivity (Wildman–Crippen MR) is 113 cm³/mol. The van der Waals surface area contributed by atoms with Crippen LogP contribution in [-0.2, 0) is 4.79 Å². The van der Waals surface area contributed by atoms with E-state index in [1.165, 1.54) is 37.6 Å². The first-order chi connectivity index (χ1) is 14.4. The van der Waals surface area contributed by atoms with E-state index in [4.69, 9.17) is 9.15 Å². The molecule has 156 valence electrons. The molecule has 30 heavy (non-hydrogen) atoms. The third-order valence-corrected chi connectivity index (χ3v) is 4.46. The van der Waals surface area contributed by atoms with Gasteiger partial charge in [0.2, 0.25) is 5.91 Å². The zero-order chi connectivity index (χ0) is 21.7. The molecular weight excluding hydrogens is 389 g/mol. The van der Waals surface area contributed by atoms with E-state index in [1.54, 1.807) is 38.1 Å². The van der Waals surface area contributed by atoms with E-state index >= 15 is 0 Å². The van der Waals surface area contributed by atoms with Gasteiger partial charge in [-0.3, -0.25) is 9.59 Å². The fraction of sp³-hybridized carbons (Fsp3) is 0.182. The molecule has 0 saturated heterocycles. The van der Waals surface area contributed by atoms with Gasteiger partial charge in [0.15, 0.2) is 0 Å². The van der Waals surface area contributed by atoms with E-state index < -0.39 is 17.8 Å². The molecule has 1 aromatic heterocycles. The van der Waals surface area contributed by atoms with Gasteiger partial charge in [-0.1, -0.05) is 12.1 Å². The molecule has 8 heteroatoms. The Labute approximate surface area is 173 Å². The largest absolute Gasteiger partial charge is 0.495 e. The van der Waals surface area contributed by atoms with E-state index in [-0.39, 0.29) is 11.6 Å². The van der Waals surface area contributed by atoms with E-state index in [0.29, 0.717) is 28.4 Å². The molecule has 3 N–H and O–H groups in total. The molecule has 1 heterocycles. The van der Waals surface area contributed by atoms with Crippen molar-refractivity contribution in [2.45, 2.75) is 19.9 Å². The quantitative estimate of drug-likeness (QED) is 0.535. The first-order valence-corrected chi connectivity index (χ1v) is 9.24. The highest BCUT2D eigenvalue weighted by molar-refractivity contribution is 6.05. The second-order valence-corrected chi connectivity index (χ2v) is 6.59. The lowest BCUT2D eigenvalue weighted by Crippen LogP contribution is -2.32. The van der Waals surface area contributed by atoms with Crippen molar-refractivity contribution in [2.75, 3.05) is 23.1 Å². The standard InChI is InChI=1S/C22H22FN3O4/c1-13(21(27)25-18-6-4-5-7-20(18)29-3)24-15-8-9-17(23)19(12-15)26-22(28)16-10-11-30-14(16)2/h4-13,24H,1-3H3,(H,25,27)(H,26,28). The summed E-state index contributed by atoms with van der Waals surface area (Å²) in [6.07, 6.45) is 1.39. The monoisotopic (exact) mass is 411 g/mol. The maximum Gasteiger partial charge on any atom is 0.259 e. The van der Waals surface area contributed by atoms with Crippen molar-refractivity contribution >= 4 is 28.9 Å². The van der Waals surface area contributed by atoms with Crippen LogP contribution in [0.4, 0.5) is 21.5 Å². The highest BCUT2D eigenvalue weighted by Crippen LogP contribution is 2.24. The molecule has 1 unspecified atom stereocenters. The summed E-state index contributed by atoms with van der Waals surface area (Å²) in [6.45, 7) is 3.31. The van der Waals surface area contributed by atoms with Crippen LogP contribution in [0, 0.1) is 12.7 Å². The first-order valence-electron chi connectivity index (χ1n) is 9.24. The maximum absolute atomic E-state index is 14.2. The Morgan fingerprint density at radius 2 is 1.83 bits per heavy atom. The van der Waals surface area contributed by atoms with Crippen LogP contribution in [0.5, 0.6) is 5.75 Å². The van der Waals surface area contributed by atoms with E-state index in [9.17, 15) is 14.0 Å². The molecule has 0 radical (unpaired) electrons. The van der Waals surface area contributed by atoms with E-state index in [1.807, 2.05) is 0 Å². The Hall–Kier alpha value is -3.81. The number of rotatable bonds is 7. The molecule has 0 spiro atoms. The Balaban J connectivity index is 1.69. The number of benzene rings is 2. The Morgan fingerprint density at radius 1 is 1.07 bits per heavy atom. The summed E-state index contributed by atoms with van der Waals surface area (Å²) in [5.41, 5.74) is 1.32. The van der Waals surface area contributed by atoms with Gasteiger partial charge in [-0.05, 0) is 50.2 Å². The molecule has 0 bridgehead atoms. The number of nitrogens with one attached hydrogen (secondary N) is 3. The van der Waals surface area contributed by atoms with Gasteiger partial charge < -0.3 is 25.1 Å². The summed E-state index contributed by atoms with van der Waals surface area (Å²) < 4.78 is 24.5. The number of aryl methyl sites for hydroxylation is 1. The van der Waals surface area contributed by atoms with Crippen molar-refractivity contribution in [1.29, 1.82) is 0 Å². The fourth-order valence-corrected chi connectivity index (χ4v) is 2.83. The maximum atomic E-state index is 14.2. The van der Waals surface area contributed by atoms with Crippen molar-refractivity contribution in [1.82, 2.24) is 0 Å². The summed E-state index contributed by atoms with van der Waals surface area (Å²) in [6, 6.07) is 12.1. The number of carbonyl (C=O) groups excluding carboxylic acids is 2.